The van der Waals surface area contributed by atoms with Crippen molar-refractivity contribution >= 4 is 0 Å². The Kier molecular flexibility index (Phi) is 4.94. The first-order valence-electron chi connectivity index (χ1n) is 8.94. The Bertz CT molecular complexity index is 1290. The van der Waals surface area contributed by atoms with Crippen molar-refractivity contribution in [3.63, 3.8) is 0 Å². The third-order valence-electron chi connectivity index (χ3n) is 4.36. The molecule has 0 aliphatic heterocycles. The summed E-state index contributed by atoms with van der Waals surface area (Å²) >= 11 is 0. The highest BCUT2D eigenvalue weighted by Gasteiger charge is 2.13. The standard InChI is InChI=1S/C22H17N3O4/c26-20-23-21(27)25(22(28)24(20)17-9-5-2-6-10-17)18-11-13-19(14-12-18)29-15-16-7-3-1-4-8-16/h1-14H,15H2,(H,23,26,27). The number of aromatic amines is 1. The smallest absolute Gasteiger partial charge is 0.345 e. The van der Waals surface area contributed by atoms with Crippen LogP contribution < -0.4 is 21.8 Å². The molecule has 3 aromatic carbocycles. The largest absolute Gasteiger partial charge is 0.489 e. The number of rotatable bonds is 5. The van der Waals surface area contributed by atoms with Crippen molar-refractivity contribution in [2.24, 2.45) is 0 Å². The van der Waals surface area contributed by atoms with Gasteiger partial charge in [0.05, 0.1) is 11.4 Å². The number of hydrogen-bond acceptors (Lipinski definition) is 4. The number of ether oxygens (including phenoxy) is 1. The molecule has 0 aliphatic carbocycles. The van der Waals surface area contributed by atoms with Crippen LogP contribution in [-0.4, -0.2) is 14.1 Å². The van der Waals surface area contributed by atoms with E-state index in [4.69, 9.17) is 4.74 Å². The van der Waals surface area contributed by atoms with Crippen LogP contribution in [0.25, 0.3) is 11.4 Å². The lowest BCUT2D eigenvalue weighted by molar-refractivity contribution is 0.306. The molecule has 0 fully saturated rings. The van der Waals surface area contributed by atoms with Crippen molar-refractivity contribution in [2.45, 2.75) is 6.61 Å². The van der Waals surface area contributed by atoms with E-state index in [0.29, 0.717) is 23.7 Å². The molecule has 1 aromatic heterocycles. The highest BCUT2D eigenvalue weighted by atomic mass is 16.5. The molecule has 29 heavy (non-hydrogen) atoms. The van der Waals surface area contributed by atoms with Crippen LogP contribution in [0.15, 0.2) is 99.3 Å². The second-order valence-electron chi connectivity index (χ2n) is 6.29. The Morgan fingerprint density at radius 1 is 0.655 bits per heavy atom. The van der Waals surface area contributed by atoms with Crippen LogP contribution >= 0.6 is 0 Å². The summed E-state index contributed by atoms with van der Waals surface area (Å²) in [5.41, 5.74) is -0.610. The molecule has 0 radical (unpaired) electrons. The minimum absolute atomic E-state index is 0.327. The van der Waals surface area contributed by atoms with E-state index in [0.717, 1.165) is 14.7 Å². The summed E-state index contributed by atoms with van der Waals surface area (Å²) in [6.07, 6.45) is 0. The Morgan fingerprint density at radius 2 is 1.17 bits per heavy atom. The number of nitrogens with one attached hydrogen (secondary N) is 1. The van der Waals surface area contributed by atoms with Crippen molar-refractivity contribution in [3.05, 3.63) is 122 Å². The van der Waals surface area contributed by atoms with Gasteiger partial charge in [-0.3, -0.25) is 4.98 Å². The molecule has 7 heteroatoms. The topological polar surface area (TPSA) is 86.1 Å². The molecule has 1 N–H and O–H groups in total. The lowest BCUT2D eigenvalue weighted by Gasteiger charge is -2.10. The first-order valence-corrected chi connectivity index (χ1v) is 8.94. The van der Waals surface area contributed by atoms with Gasteiger partial charge >= 0.3 is 17.1 Å². The Hall–Kier alpha value is -4.13. The monoisotopic (exact) mass is 387 g/mol. The molecule has 0 unspecified atom stereocenters. The zero-order valence-corrected chi connectivity index (χ0v) is 15.3. The molecule has 144 valence electrons. The highest BCUT2D eigenvalue weighted by molar-refractivity contribution is 5.38. The third-order valence-corrected chi connectivity index (χ3v) is 4.36. The highest BCUT2D eigenvalue weighted by Crippen LogP contribution is 2.15. The van der Waals surface area contributed by atoms with Gasteiger partial charge in [0.1, 0.15) is 12.4 Å². The molecule has 4 rings (SSSR count). The zero-order chi connectivity index (χ0) is 20.2. The maximum atomic E-state index is 12.9. The maximum Gasteiger partial charge on any atom is 0.345 e. The molecule has 0 saturated carbocycles. The van der Waals surface area contributed by atoms with Gasteiger partial charge in [0.2, 0.25) is 0 Å². The lowest BCUT2D eigenvalue weighted by Crippen LogP contribution is -2.47. The summed E-state index contributed by atoms with van der Waals surface area (Å²) in [5, 5.41) is 0. The van der Waals surface area contributed by atoms with E-state index >= 15 is 0 Å². The molecule has 0 amide bonds. The molecular formula is C22H17N3O4. The molecule has 1 heterocycles. The van der Waals surface area contributed by atoms with E-state index < -0.39 is 17.1 Å². The first kappa shape index (κ1) is 18.2. The van der Waals surface area contributed by atoms with Crippen LogP contribution in [0, 0.1) is 0 Å². The Labute approximate surface area is 165 Å². The van der Waals surface area contributed by atoms with Crippen LogP contribution in [0.4, 0.5) is 0 Å². The zero-order valence-electron chi connectivity index (χ0n) is 15.3. The normalized spacial score (nSPS) is 10.6. The minimum atomic E-state index is -0.801. The van der Waals surface area contributed by atoms with Gasteiger partial charge in [-0.25, -0.2) is 23.5 Å². The van der Waals surface area contributed by atoms with Crippen LogP contribution in [0.2, 0.25) is 0 Å². The van der Waals surface area contributed by atoms with E-state index in [1.165, 1.54) is 0 Å². The number of para-hydroxylation sites is 1. The number of nitrogens with zero attached hydrogens (tertiary/aromatic N) is 2. The summed E-state index contributed by atoms with van der Waals surface area (Å²) in [6, 6.07) is 24.7. The predicted molar refractivity (Wildman–Crippen MR) is 109 cm³/mol. The number of hydrogen-bond donors (Lipinski definition) is 1. The SMILES string of the molecule is O=c1[nH]c(=O)n(-c2ccc(OCc3ccccc3)cc2)c(=O)n1-c1ccccc1. The van der Waals surface area contributed by atoms with Gasteiger partial charge in [-0.2, -0.15) is 0 Å². The summed E-state index contributed by atoms with van der Waals surface area (Å²) in [7, 11) is 0. The van der Waals surface area contributed by atoms with E-state index in [2.05, 4.69) is 4.98 Å². The van der Waals surface area contributed by atoms with Crippen LogP contribution in [0.5, 0.6) is 5.75 Å². The number of benzene rings is 3. The molecule has 0 spiro atoms. The fourth-order valence-corrected chi connectivity index (χ4v) is 2.94. The van der Waals surface area contributed by atoms with Crippen molar-refractivity contribution in [1.29, 1.82) is 0 Å². The number of H-pyrrole nitrogens is 1. The van der Waals surface area contributed by atoms with E-state index in [1.807, 2.05) is 30.3 Å². The van der Waals surface area contributed by atoms with E-state index in [1.54, 1.807) is 54.6 Å². The van der Waals surface area contributed by atoms with Crippen molar-refractivity contribution in [2.75, 3.05) is 0 Å². The van der Waals surface area contributed by atoms with Crippen molar-refractivity contribution < 1.29 is 4.74 Å². The fraction of sp³-hybridized carbons (Fsp3) is 0.0455. The van der Waals surface area contributed by atoms with Gasteiger partial charge in [-0.15, -0.1) is 0 Å². The van der Waals surface area contributed by atoms with E-state index in [9.17, 15) is 14.4 Å². The molecule has 0 aliphatic rings. The van der Waals surface area contributed by atoms with Gasteiger partial charge in [0.15, 0.2) is 0 Å². The quantitative estimate of drug-likeness (QED) is 0.569. The van der Waals surface area contributed by atoms with Crippen LogP contribution in [-0.2, 0) is 6.61 Å². The predicted octanol–water partition coefficient (Wildman–Crippen LogP) is 2.26. The average molecular weight is 387 g/mol. The fourth-order valence-electron chi connectivity index (χ4n) is 2.94. The first-order chi connectivity index (χ1) is 14.1. The third kappa shape index (κ3) is 3.79. The molecular weight excluding hydrogens is 370 g/mol. The van der Waals surface area contributed by atoms with Gasteiger partial charge in [-0.1, -0.05) is 48.5 Å². The van der Waals surface area contributed by atoms with Gasteiger partial charge in [0.25, 0.3) is 0 Å². The summed E-state index contributed by atoms with van der Waals surface area (Å²) in [6.45, 7) is 0.402. The molecule has 4 aromatic rings. The summed E-state index contributed by atoms with van der Waals surface area (Å²) < 4.78 is 7.56. The van der Waals surface area contributed by atoms with Crippen LogP contribution in [0.1, 0.15) is 5.56 Å². The lowest BCUT2D eigenvalue weighted by atomic mass is 10.2. The van der Waals surface area contributed by atoms with Gasteiger partial charge < -0.3 is 4.74 Å². The summed E-state index contributed by atoms with van der Waals surface area (Å²) in [5.74, 6) is 0.596. The molecule has 0 saturated heterocycles. The van der Waals surface area contributed by atoms with Crippen molar-refractivity contribution in [1.82, 2.24) is 14.1 Å². The second-order valence-corrected chi connectivity index (χ2v) is 6.29. The van der Waals surface area contributed by atoms with Crippen LogP contribution in [0.3, 0.4) is 0 Å². The molecule has 7 nitrogen and oxygen atoms in total. The average Bonchev–Trinajstić information content (AvgIpc) is 2.74. The van der Waals surface area contributed by atoms with E-state index in [-0.39, 0.29) is 0 Å². The van der Waals surface area contributed by atoms with Gasteiger partial charge in [-0.05, 0) is 42.0 Å². The van der Waals surface area contributed by atoms with Crippen molar-refractivity contribution in [3.8, 4) is 17.1 Å². The second kappa shape index (κ2) is 7.85. The van der Waals surface area contributed by atoms with Gasteiger partial charge in [0, 0.05) is 0 Å². The maximum absolute atomic E-state index is 12.9. The minimum Gasteiger partial charge on any atom is -0.489 e. The molecule has 0 bridgehead atoms. The number of aromatic nitrogens is 3. The summed E-state index contributed by atoms with van der Waals surface area (Å²) in [4.78, 5) is 39.6. The Morgan fingerprint density at radius 3 is 1.76 bits per heavy atom. The molecule has 0 atom stereocenters. The Balaban J connectivity index is 1.67.